The molecule has 16 heavy (non-hydrogen) atoms. The van der Waals surface area contributed by atoms with Crippen molar-refractivity contribution in [2.75, 3.05) is 0 Å². The molecule has 0 saturated carbocycles. The minimum atomic E-state index is -1.03. The fraction of sp³-hybridized carbons (Fsp3) is 0.0667. The molecule has 2 aromatic rings. The third kappa shape index (κ3) is 0.983. The molecule has 3 rings (SSSR count). The van der Waals surface area contributed by atoms with Gasteiger partial charge in [0.1, 0.15) is 5.60 Å². The Labute approximate surface area is 94.7 Å². The van der Waals surface area contributed by atoms with Crippen molar-refractivity contribution in [3.05, 3.63) is 72.3 Å². The summed E-state index contributed by atoms with van der Waals surface area (Å²) in [5.74, 6) is 0. The van der Waals surface area contributed by atoms with Crippen molar-refractivity contribution in [3.63, 3.8) is 0 Å². The quantitative estimate of drug-likeness (QED) is 0.714. The maximum Gasteiger partial charge on any atom is 0.134 e. The van der Waals surface area contributed by atoms with Gasteiger partial charge in [-0.05, 0) is 22.3 Å². The van der Waals surface area contributed by atoms with Crippen LogP contribution in [0.25, 0.3) is 11.1 Å². The smallest absolute Gasteiger partial charge is 0.134 e. The summed E-state index contributed by atoms with van der Waals surface area (Å²) in [5, 5.41) is 10.7. The van der Waals surface area contributed by atoms with Crippen LogP contribution in [0.2, 0.25) is 0 Å². The van der Waals surface area contributed by atoms with E-state index >= 15 is 0 Å². The summed E-state index contributed by atoms with van der Waals surface area (Å²) in [5.41, 5.74) is 3.01. The fourth-order valence-corrected chi connectivity index (χ4v) is 2.47. The van der Waals surface area contributed by atoms with Crippen molar-refractivity contribution in [2.24, 2.45) is 0 Å². The predicted molar refractivity (Wildman–Crippen MR) is 65.1 cm³/mol. The van der Waals surface area contributed by atoms with Crippen LogP contribution in [0.1, 0.15) is 11.1 Å². The molecule has 0 heterocycles. The Hall–Kier alpha value is -1.86. The highest BCUT2D eigenvalue weighted by molar-refractivity contribution is 5.80. The summed E-state index contributed by atoms with van der Waals surface area (Å²) >= 11 is 0. The van der Waals surface area contributed by atoms with Crippen molar-refractivity contribution in [3.8, 4) is 11.1 Å². The van der Waals surface area contributed by atoms with E-state index in [0.29, 0.717) is 0 Å². The van der Waals surface area contributed by atoms with E-state index < -0.39 is 5.60 Å². The van der Waals surface area contributed by atoms with Gasteiger partial charge >= 0.3 is 0 Å². The molecule has 0 aliphatic heterocycles. The predicted octanol–water partition coefficient (Wildman–Crippen LogP) is 3.09. The van der Waals surface area contributed by atoms with Crippen molar-refractivity contribution < 1.29 is 5.11 Å². The second kappa shape index (κ2) is 3.06. The van der Waals surface area contributed by atoms with Crippen LogP contribution in [-0.2, 0) is 5.60 Å². The number of fused-ring (bicyclic) bond motifs is 3. The van der Waals surface area contributed by atoms with Gasteiger partial charge in [0, 0.05) is 0 Å². The highest BCUT2D eigenvalue weighted by Gasteiger charge is 2.38. The number of benzene rings is 2. The number of hydrogen-bond donors (Lipinski definition) is 1. The molecule has 0 amide bonds. The van der Waals surface area contributed by atoms with E-state index in [0.717, 1.165) is 22.3 Å². The summed E-state index contributed by atoms with van der Waals surface area (Å²) < 4.78 is 0. The largest absolute Gasteiger partial charge is 0.377 e. The Morgan fingerprint density at radius 1 is 0.875 bits per heavy atom. The monoisotopic (exact) mass is 208 g/mol. The van der Waals surface area contributed by atoms with Gasteiger partial charge in [0.2, 0.25) is 0 Å². The fourth-order valence-electron chi connectivity index (χ4n) is 2.47. The van der Waals surface area contributed by atoms with Crippen LogP contribution >= 0.6 is 0 Å². The second-order valence-corrected chi connectivity index (χ2v) is 4.06. The second-order valence-electron chi connectivity index (χ2n) is 4.06. The Kier molecular flexibility index (Phi) is 1.79. The van der Waals surface area contributed by atoms with Crippen molar-refractivity contribution in [1.29, 1.82) is 0 Å². The Bertz CT molecular complexity index is 524. The summed E-state index contributed by atoms with van der Waals surface area (Å²) in [6.07, 6.45) is 1.61. The highest BCUT2D eigenvalue weighted by atomic mass is 16.3. The molecular weight excluding hydrogens is 196 g/mol. The van der Waals surface area contributed by atoms with Crippen molar-refractivity contribution >= 4 is 0 Å². The van der Waals surface area contributed by atoms with Crippen LogP contribution in [0.3, 0.4) is 0 Å². The van der Waals surface area contributed by atoms with E-state index in [1.54, 1.807) is 6.08 Å². The van der Waals surface area contributed by atoms with Crippen LogP contribution in [0, 0.1) is 0 Å². The minimum absolute atomic E-state index is 0.922. The molecule has 2 aromatic carbocycles. The van der Waals surface area contributed by atoms with Crippen molar-refractivity contribution in [1.82, 2.24) is 0 Å². The standard InChI is InChI=1S/C15H12O/c1-2-15(16)13-9-5-3-7-11(13)12-8-4-6-10-14(12)15/h2-10,16H,1H2. The number of aliphatic hydroxyl groups is 1. The molecule has 0 unspecified atom stereocenters. The van der Waals surface area contributed by atoms with Crippen LogP contribution < -0.4 is 0 Å². The molecule has 78 valence electrons. The molecule has 1 heteroatoms. The maximum atomic E-state index is 10.7. The SMILES string of the molecule is C=CC1(O)c2ccccc2-c2ccccc21. The van der Waals surface area contributed by atoms with Gasteiger partial charge < -0.3 is 5.11 Å². The lowest BCUT2D eigenvalue weighted by atomic mass is 9.92. The van der Waals surface area contributed by atoms with Gasteiger partial charge in [-0.1, -0.05) is 61.2 Å². The highest BCUT2D eigenvalue weighted by Crippen LogP contribution is 2.47. The number of rotatable bonds is 1. The zero-order chi connectivity index (χ0) is 11.2. The first-order valence-electron chi connectivity index (χ1n) is 5.33. The van der Waals surface area contributed by atoms with E-state index in [-0.39, 0.29) is 0 Å². The van der Waals surface area contributed by atoms with Gasteiger partial charge in [-0.15, -0.1) is 0 Å². The van der Waals surface area contributed by atoms with Crippen LogP contribution in [0.15, 0.2) is 61.2 Å². The molecule has 1 aliphatic carbocycles. The maximum absolute atomic E-state index is 10.7. The summed E-state index contributed by atoms with van der Waals surface area (Å²) in [4.78, 5) is 0. The van der Waals surface area contributed by atoms with Gasteiger partial charge in [0.15, 0.2) is 0 Å². The summed E-state index contributed by atoms with van der Waals surface area (Å²) in [7, 11) is 0. The molecule has 0 atom stereocenters. The van der Waals surface area contributed by atoms with Gasteiger partial charge in [-0.3, -0.25) is 0 Å². The molecule has 0 saturated heterocycles. The van der Waals surface area contributed by atoms with Crippen LogP contribution in [-0.4, -0.2) is 5.11 Å². The van der Waals surface area contributed by atoms with Crippen molar-refractivity contribution in [2.45, 2.75) is 5.60 Å². The van der Waals surface area contributed by atoms with Crippen LogP contribution in [0.4, 0.5) is 0 Å². The zero-order valence-electron chi connectivity index (χ0n) is 8.85. The molecule has 1 nitrogen and oxygen atoms in total. The molecule has 0 spiro atoms. The van der Waals surface area contributed by atoms with Gasteiger partial charge in [0.05, 0.1) is 0 Å². The lowest BCUT2D eigenvalue weighted by Crippen LogP contribution is -2.20. The van der Waals surface area contributed by atoms with E-state index in [1.165, 1.54) is 0 Å². The molecule has 0 bridgehead atoms. The third-order valence-corrected chi connectivity index (χ3v) is 3.26. The molecule has 1 N–H and O–H groups in total. The Balaban J connectivity index is 2.43. The first-order valence-corrected chi connectivity index (χ1v) is 5.33. The first kappa shape index (κ1) is 9.37. The topological polar surface area (TPSA) is 20.2 Å². The lowest BCUT2D eigenvalue weighted by molar-refractivity contribution is 0.140. The van der Waals surface area contributed by atoms with E-state index in [9.17, 15) is 5.11 Å². The van der Waals surface area contributed by atoms with Gasteiger partial charge in [-0.25, -0.2) is 0 Å². The zero-order valence-corrected chi connectivity index (χ0v) is 8.85. The normalized spacial score (nSPS) is 15.3. The first-order chi connectivity index (χ1) is 7.77. The van der Waals surface area contributed by atoms with E-state index in [4.69, 9.17) is 0 Å². The third-order valence-electron chi connectivity index (χ3n) is 3.26. The van der Waals surface area contributed by atoms with Gasteiger partial charge in [-0.2, -0.15) is 0 Å². The average molecular weight is 208 g/mol. The molecular formula is C15H12O. The Morgan fingerprint density at radius 3 is 1.75 bits per heavy atom. The molecule has 0 fully saturated rings. The molecule has 1 aliphatic rings. The van der Waals surface area contributed by atoms with E-state index in [2.05, 4.69) is 6.58 Å². The lowest BCUT2D eigenvalue weighted by Gasteiger charge is -2.20. The number of hydrogen-bond acceptors (Lipinski definition) is 1. The summed E-state index contributed by atoms with van der Waals surface area (Å²) in [6, 6.07) is 15.9. The molecule has 0 aromatic heterocycles. The molecule has 0 radical (unpaired) electrons. The van der Waals surface area contributed by atoms with Gasteiger partial charge in [0.25, 0.3) is 0 Å². The summed E-state index contributed by atoms with van der Waals surface area (Å²) in [6.45, 7) is 3.76. The minimum Gasteiger partial charge on any atom is -0.377 e. The van der Waals surface area contributed by atoms with E-state index in [1.807, 2.05) is 48.5 Å². The van der Waals surface area contributed by atoms with Crippen LogP contribution in [0.5, 0.6) is 0 Å². The average Bonchev–Trinajstić information content (AvgIpc) is 2.62. The Morgan fingerprint density at radius 2 is 1.31 bits per heavy atom.